The van der Waals surface area contributed by atoms with Crippen molar-refractivity contribution in [3.63, 3.8) is 0 Å². The lowest BCUT2D eigenvalue weighted by Crippen LogP contribution is -2.61. The molecular weight excluding hydrogens is 380 g/mol. The van der Waals surface area contributed by atoms with Gasteiger partial charge in [0.25, 0.3) is 5.91 Å². The fourth-order valence-electron chi connectivity index (χ4n) is 2.34. The number of amides is 1. The molecule has 1 aliphatic rings. The van der Waals surface area contributed by atoms with Crippen LogP contribution in [0.15, 0.2) is 24.3 Å². The quantitative estimate of drug-likeness (QED) is 0.635. The van der Waals surface area contributed by atoms with E-state index >= 15 is 0 Å². The van der Waals surface area contributed by atoms with Crippen molar-refractivity contribution in [1.82, 2.24) is 5.32 Å². The lowest BCUT2D eigenvalue weighted by atomic mass is 9.89. The highest BCUT2D eigenvalue weighted by molar-refractivity contribution is 6.21. The molecule has 0 bridgehead atoms. The predicted molar refractivity (Wildman–Crippen MR) is 77.8 cm³/mol. The van der Waals surface area contributed by atoms with Gasteiger partial charge in [0.1, 0.15) is 5.75 Å². The van der Waals surface area contributed by atoms with Crippen molar-refractivity contribution in [2.24, 2.45) is 0 Å². The lowest BCUT2D eigenvalue weighted by molar-refractivity contribution is -0.338. The molecule has 0 aromatic heterocycles. The van der Waals surface area contributed by atoms with E-state index in [-0.39, 0.29) is 24.6 Å². The molecule has 0 atom stereocenters. The number of nitrogens with zero attached hydrogens (tertiary/aromatic N) is 2. The molecule has 1 aromatic carbocycles. The molecule has 0 saturated carbocycles. The maximum atomic E-state index is 13.4. The maximum absolute atomic E-state index is 13.4. The summed E-state index contributed by atoms with van der Waals surface area (Å²) in [4.78, 5) is 12.2. The molecule has 1 aromatic rings. The van der Waals surface area contributed by atoms with Crippen molar-refractivity contribution in [2.45, 2.75) is 24.4 Å². The van der Waals surface area contributed by atoms with Gasteiger partial charge in [0.2, 0.25) is 0 Å². The molecule has 1 amide bonds. The number of nitriles is 2. The van der Waals surface area contributed by atoms with Gasteiger partial charge in [0.15, 0.2) is 0 Å². The van der Waals surface area contributed by atoms with Crippen LogP contribution in [0.4, 0.5) is 26.3 Å². The Morgan fingerprint density at radius 2 is 1.78 bits per heavy atom. The third-order valence-corrected chi connectivity index (χ3v) is 3.63. The number of carbonyl (C=O) groups is 1. The van der Waals surface area contributed by atoms with Crippen LogP contribution in [0.25, 0.3) is 5.57 Å². The minimum absolute atomic E-state index is 0.0976. The third kappa shape index (κ3) is 3.53. The van der Waals surface area contributed by atoms with Crippen molar-refractivity contribution >= 4 is 11.5 Å². The van der Waals surface area contributed by atoms with Crippen LogP contribution >= 0.6 is 0 Å². The Hall–Kier alpha value is -3.21. The van der Waals surface area contributed by atoms with Gasteiger partial charge in [-0.05, 0) is 24.3 Å². The van der Waals surface area contributed by atoms with Gasteiger partial charge < -0.3 is 10.1 Å². The topological polar surface area (TPSA) is 85.9 Å². The van der Waals surface area contributed by atoms with Gasteiger partial charge in [-0.15, -0.1) is 0 Å². The summed E-state index contributed by atoms with van der Waals surface area (Å²) < 4.78 is 84.4. The smallest absolute Gasteiger partial charge is 0.441 e. The summed E-state index contributed by atoms with van der Waals surface area (Å²) in [6.45, 7) is -0.286. The lowest BCUT2D eigenvalue weighted by Gasteiger charge is -2.38. The van der Waals surface area contributed by atoms with Gasteiger partial charge >= 0.3 is 18.0 Å². The second-order valence-electron chi connectivity index (χ2n) is 5.38. The summed E-state index contributed by atoms with van der Waals surface area (Å²) in [5.41, 5.74) is -6.18. The first-order chi connectivity index (χ1) is 12.5. The molecule has 0 unspecified atom stereocenters. The molecular formula is C16H9F6N3O2. The molecule has 1 N–H and O–H groups in total. The van der Waals surface area contributed by atoms with Crippen molar-refractivity contribution in [3.05, 3.63) is 35.4 Å². The second-order valence-corrected chi connectivity index (χ2v) is 5.38. The fourth-order valence-corrected chi connectivity index (χ4v) is 2.34. The van der Waals surface area contributed by atoms with Crippen LogP contribution in [-0.2, 0) is 4.79 Å². The summed E-state index contributed by atoms with van der Waals surface area (Å²) in [7, 11) is 0. The zero-order valence-electron chi connectivity index (χ0n) is 13.2. The average Bonchev–Trinajstić information content (AvgIpc) is 2.58. The van der Waals surface area contributed by atoms with Gasteiger partial charge in [-0.2, -0.15) is 36.9 Å². The number of nitrogens with one attached hydrogen (secondary N) is 1. The number of hydrogen-bond donors (Lipinski definition) is 1. The normalized spacial score (nSPS) is 15.5. The Balaban J connectivity index is 2.69. The number of ether oxygens (including phenoxy) is 1. The Morgan fingerprint density at radius 3 is 2.30 bits per heavy atom. The highest BCUT2D eigenvalue weighted by Gasteiger charge is 2.73. The van der Waals surface area contributed by atoms with E-state index in [2.05, 4.69) is 10.1 Å². The number of benzene rings is 1. The largest absolute Gasteiger partial charge is 0.464 e. The molecule has 11 heteroatoms. The van der Waals surface area contributed by atoms with Crippen molar-refractivity contribution in [1.29, 1.82) is 10.5 Å². The minimum Gasteiger partial charge on any atom is -0.464 e. The first kappa shape index (κ1) is 20.1. The molecule has 27 heavy (non-hydrogen) atoms. The second kappa shape index (κ2) is 6.83. The Kier molecular flexibility index (Phi) is 5.09. The van der Waals surface area contributed by atoms with Crippen LogP contribution in [0.5, 0.6) is 5.75 Å². The first-order valence-corrected chi connectivity index (χ1v) is 7.22. The van der Waals surface area contributed by atoms with Gasteiger partial charge in [0, 0.05) is 12.1 Å². The van der Waals surface area contributed by atoms with E-state index in [0.29, 0.717) is 0 Å². The van der Waals surface area contributed by atoms with Gasteiger partial charge in [0.05, 0.1) is 29.7 Å². The molecule has 5 nitrogen and oxygen atoms in total. The molecule has 1 heterocycles. The van der Waals surface area contributed by atoms with E-state index in [0.717, 1.165) is 18.2 Å². The van der Waals surface area contributed by atoms with Gasteiger partial charge in [-0.1, -0.05) is 0 Å². The number of alkyl halides is 6. The maximum Gasteiger partial charge on any atom is 0.441 e. The Labute approximate surface area is 148 Å². The molecule has 2 rings (SSSR count). The van der Waals surface area contributed by atoms with E-state index in [1.165, 1.54) is 0 Å². The zero-order chi connectivity index (χ0) is 20.5. The molecule has 0 radical (unpaired) electrons. The van der Waals surface area contributed by atoms with Crippen molar-refractivity contribution < 1.29 is 35.9 Å². The van der Waals surface area contributed by atoms with E-state index in [4.69, 9.17) is 10.5 Å². The Morgan fingerprint density at radius 1 is 1.15 bits per heavy atom. The van der Waals surface area contributed by atoms with E-state index in [1.54, 1.807) is 12.1 Å². The van der Waals surface area contributed by atoms with Gasteiger partial charge in [-0.3, -0.25) is 4.79 Å². The van der Waals surface area contributed by atoms with Crippen molar-refractivity contribution in [2.75, 3.05) is 6.54 Å². The number of fused-ring (bicyclic) bond motifs is 1. The molecule has 142 valence electrons. The number of rotatable bonds is 3. The molecule has 0 saturated heterocycles. The van der Waals surface area contributed by atoms with Crippen LogP contribution in [0, 0.1) is 22.7 Å². The fraction of sp³-hybridized carbons (Fsp3) is 0.312. The number of halogens is 6. The Bertz CT molecular complexity index is 860. The SMILES string of the molecule is N#CCCNC(=O)C1=CC(C(F)(F)F)(C(F)(F)F)Oc2ccc(C#N)cc21. The van der Waals surface area contributed by atoms with Crippen LogP contribution < -0.4 is 10.1 Å². The number of hydrogen-bond acceptors (Lipinski definition) is 4. The highest BCUT2D eigenvalue weighted by Crippen LogP contribution is 2.51. The summed E-state index contributed by atoms with van der Waals surface area (Å²) in [5, 5.41) is 19.4. The van der Waals surface area contributed by atoms with Crippen molar-refractivity contribution in [3.8, 4) is 17.9 Å². The number of carbonyl (C=O) groups excluding carboxylic acids is 1. The first-order valence-electron chi connectivity index (χ1n) is 7.22. The summed E-state index contributed by atoms with van der Waals surface area (Å²) >= 11 is 0. The monoisotopic (exact) mass is 389 g/mol. The van der Waals surface area contributed by atoms with Crippen LogP contribution in [0.1, 0.15) is 17.5 Å². The van der Waals surface area contributed by atoms with Crippen LogP contribution in [-0.4, -0.2) is 30.4 Å². The minimum atomic E-state index is -5.92. The van der Waals surface area contributed by atoms with E-state index in [9.17, 15) is 31.1 Å². The standard InChI is InChI=1S/C16H9F6N3O2/c17-15(18,19)14(16(20,21)22)7-11(13(26)25-5-1-4-23)10-6-9(8-24)2-3-12(10)27-14/h2-3,6-7H,1,5H2,(H,25,26). The summed E-state index contributed by atoms with van der Waals surface area (Å²) in [6.07, 6.45) is -12.4. The predicted octanol–water partition coefficient (Wildman–Crippen LogP) is 3.23. The molecule has 0 aliphatic carbocycles. The third-order valence-electron chi connectivity index (χ3n) is 3.63. The molecule has 0 fully saturated rings. The van der Waals surface area contributed by atoms with Crippen LogP contribution in [0.3, 0.4) is 0 Å². The van der Waals surface area contributed by atoms with E-state index < -0.39 is 40.7 Å². The zero-order valence-corrected chi connectivity index (χ0v) is 13.2. The molecule has 0 spiro atoms. The van der Waals surface area contributed by atoms with Crippen LogP contribution in [0.2, 0.25) is 0 Å². The molecule has 1 aliphatic heterocycles. The summed E-state index contributed by atoms with van der Waals surface area (Å²) in [6, 6.07) is 6.01. The van der Waals surface area contributed by atoms with Gasteiger partial charge in [-0.25, -0.2) is 0 Å². The average molecular weight is 389 g/mol. The summed E-state index contributed by atoms with van der Waals surface area (Å²) in [5.74, 6) is -2.11. The highest BCUT2D eigenvalue weighted by atomic mass is 19.4. The van der Waals surface area contributed by atoms with E-state index in [1.807, 2.05) is 0 Å².